The standard InChI is InChI=1S/C2H4O2.K.H2Se.H/c1-2(3)4;;;/h1H3,(H,3,4);;1H2;. The number of hydrogen-bond acceptors (Lipinski definition) is 1. The van der Waals surface area contributed by atoms with E-state index in [-0.39, 0.29) is 68.5 Å². The molecule has 0 unspecified atom stereocenters. The number of hydrogen-bond donors (Lipinski definition) is 1. The van der Waals surface area contributed by atoms with Gasteiger partial charge >= 0.3 is 68.5 Å². The first-order valence-corrected chi connectivity index (χ1v) is 0.928. The van der Waals surface area contributed by atoms with E-state index in [2.05, 4.69) is 0 Å². The molecule has 6 heavy (non-hydrogen) atoms. The van der Waals surface area contributed by atoms with E-state index < -0.39 is 5.97 Å². The van der Waals surface area contributed by atoms with Gasteiger partial charge in [-0.2, -0.15) is 0 Å². The Morgan fingerprint density at radius 1 is 1.67 bits per heavy atom. The molecule has 1 N–H and O–H groups in total. The Morgan fingerprint density at radius 3 is 1.67 bits per heavy atom. The summed E-state index contributed by atoms with van der Waals surface area (Å²) in [6, 6.07) is 0. The van der Waals surface area contributed by atoms with Gasteiger partial charge in [-0.1, -0.05) is 0 Å². The van der Waals surface area contributed by atoms with Crippen molar-refractivity contribution in [2.75, 3.05) is 0 Å². The van der Waals surface area contributed by atoms with Crippen LogP contribution >= 0.6 is 0 Å². The van der Waals surface area contributed by atoms with Gasteiger partial charge in [-0.25, -0.2) is 0 Å². The van der Waals surface area contributed by atoms with Crippen molar-refractivity contribution in [3.05, 3.63) is 0 Å². The summed E-state index contributed by atoms with van der Waals surface area (Å²) in [4.78, 5) is 9.00. The van der Waals surface area contributed by atoms with Crippen molar-refractivity contribution in [2.45, 2.75) is 6.92 Å². The molecule has 0 aromatic heterocycles. The molecule has 2 nitrogen and oxygen atoms in total. The third kappa shape index (κ3) is 45.5. The van der Waals surface area contributed by atoms with Crippen LogP contribution in [0, 0.1) is 0 Å². The van der Waals surface area contributed by atoms with E-state index in [1.165, 1.54) is 0 Å². The predicted octanol–water partition coefficient (Wildman–Crippen LogP) is -1.47. The molecule has 0 bridgehead atoms. The number of rotatable bonds is 0. The van der Waals surface area contributed by atoms with E-state index in [0.29, 0.717) is 0 Å². The Kier molecular flexibility index (Phi) is 25.6. The van der Waals surface area contributed by atoms with E-state index in [4.69, 9.17) is 9.90 Å². The summed E-state index contributed by atoms with van der Waals surface area (Å²) >= 11 is 0. The van der Waals surface area contributed by atoms with Gasteiger partial charge in [0.15, 0.2) is 0 Å². The van der Waals surface area contributed by atoms with Crippen molar-refractivity contribution in [3.63, 3.8) is 0 Å². The molecule has 0 rings (SSSR count). The Labute approximate surface area is 89.6 Å². The number of carbonyl (C=O) groups is 1. The van der Waals surface area contributed by atoms with Crippen molar-refractivity contribution in [3.8, 4) is 0 Å². The first-order valence-electron chi connectivity index (χ1n) is 0.928. The minimum atomic E-state index is -0.833. The molecule has 0 saturated carbocycles. The van der Waals surface area contributed by atoms with E-state index >= 15 is 0 Å². The van der Waals surface area contributed by atoms with Crippen molar-refractivity contribution in [2.24, 2.45) is 0 Å². The molecule has 0 saturated heterocycles. The summed E-state index contributed by atoms with van der Waals surface area (Å²) in [5.74, 6) is -0.833. The van der Waals surface area contributed by atoms with E-state index in [1.54, 1.807) is 0 Å². The zero-order chi connectivity index (χ0) is 3.58. The second kappa shape index (κ2) is 9.80. The fraction of sp³-hybridized carbons (Fsp3) is 0.500. The van der Waals surface area contributed by atoms with Crippen LogP contribution in [0.25, 0.3) is 0 Å². The first-order chi connectivity index (χ1) is 1.73. The van der Waals surface area contributed by atoms with Crippen LogP contribution in [0.5, 0.6) is 0 Å². The van der Waals surface area contributed by atoms with Gasteiger partial charge in [-0.05, 0) is 0 Å². The average molecular weight is 181 g/mol. The second-order valence-electron chi connectivity index (χ2n) is 0.519. The normalized spacial score (nSPS) is 4.17. The molecular weight excluding hydrogens is 174 g/mol. The van der Waals surface area contributed by atoms with E-state index in [1.807, 2.05) is 0 Å². The molecule has 0 radical (unpaired) electrons. The van der Waals surface area contributed by atoms with Crippen molar-refractivity contribution in [1.29, 1.82) is 0 Å². The molecule has 0 amide bonds. The molecule has 0 atom stereocenters. The SMILES string of the molecule is CC(=O)O.[KH].[SeH2]. The van der Waals surface area contributed by atoms with Crippen LogP contribution in [0.2, 0.25) is 0 Å². The molecule has 0 spiro atoms. The van der Waals surface area contributed by atoms with Gasteiger partial charge in [0.25, 0.3) is 5.97 Å². The molecule has 0 heterocycles. The number of carboxylic acids is 1. The topological polar surface area (TPSA) is 37.3 Å². The zero-order valence-corrected chi connectivity index (χ0v) is 4.95. The van der Waals surface area contributed by atoms with Gasteiger partial charge in [0.05, 0.1) is 0 Å². The molecule has 0 aromatic carbocycles. The monoisotopic (exact) mass is 182 g/mol. The Balaban J connectivity index is -0.0000000450. The first kappa shape index (κ1) is 15.6. The maximum absolute atomic E-state index is 9.00. The van der Waals surface area contributed by atoms with E-state index in [0.717, 1.165) is 6.92 Å². The van der Waals surface area contributed by atoms with Gasteiger partial charge in [-0.3, -0.25) is 4.79 Å². The molecule has 0 aliphatic rings. The van der Waals surface area contributed by atoms with Crippen molar-refractivity contribution in [1.82, 2.24) is 0 Å². The second-order valence-corrected chi connectivity index (χ2v) is 0.519. The number of carboxylic acid groups (broad SMARTS) is 1. The molecule has 4 heteroatoms. The molecule has 0 aromatic rings. The third-order valence-corrected chi connectivity index (χ3v) is 0. The summed E-state index contributed by atoms with van der Waals surface area (Å²) in [7, 11) is 0. The Bertz CT molecular complexity index is 34.5. The molecular formula is C2H7KO2Se. The maximum atomic E-state index is 9.00. The Hall–Kier alpha value is 1.63. The van der Waals surface area contributed by atoms with Crippen LogP contribution in [0.1, 0.15) is 6.92 Å². The van der Waals surface area contributed by atoms with Crippen LogP contribution < -0.4 is 0 Å². The molecule has 0 aliphatic carbocycles. The van der Waals surface area contributed by atoms with Gasteiger partial charge in [0, 0.05) is 6.92 Å². The van der Waals surface area contributed by atoms with Gasteiger partial charge in [0.1, 0.15) is 0 Å². The minimum absolute atomic E-state index is 0. The van der Waals surface area contributed by atoms with Gasteiger partial charge in [-0.15, -0.1) is 0 Å². The van der Waals surface area contributed by atoms with Gasteiger partial charge in [0.2, 0.25) is 0 Å². The van der Waals surface area contributed by atoms with Crippen molar-refractivity contribution < 1.29 is 9.90 Å². The Morgan fingerprint density at radius 2 is 1.67 bits per heavy atom. The van der Waals surface area contributed by atoms with Crippen LogP contribution in [0.4, 0.5) is 0 Å². The average Bonchev–Trinajstić information content (AvgIpc) is 0.811. The van der Waals surface area contributed by atoms with Crippen LogP contribution in [-0.2, 0) is 4.79 Å². The molecule has 0 aliphatic heterocycles. The zero-order valence-electron chi connectivity index (χ0n) is 2.86. The number of aliphatic carboxylic acids is 1. The summed E-state index contributed by atoms with van der Waals surface area (Å²) in [6.45, 7) is 1.08. The van der Waals surface area contributed by atoms with Crippen LogP contribution in [-0.4, -0.2) is 79.5 Å². The summed E-state index contributed by atoms with van der Waals surface area (Å²) < 4.78 is 0. The molecule has 0 fully saturated rings. The molecule has 34 valence electrons. The van der Waals surface area contributed by atoms with Gasteiger partial charge < -0.3 is 5.11 Å². The fourth-order valence-electron chi connectivity index (χ4n) is 0. The van der Waals surface area contributed by atoms with Crippen molar-refractivity contribution >= 4 is 74.4 Å². The van der Waals surface area contributed by atoms with E-state index in [9.17, 15) is 0 Å². The third-order valence-electron chi connectivity index (χ3n) is 0. The summed E-state index contributed by atoms with van der Waals surface area (Å²) in [6.07, 6.45) is 0. The predicted molar refractivity (Wildman–Crippen MR) is 29.0 cm³/mol. The summed E-state index contributed by atoms with van der Waals surface area (Å²) in [5.41, 5.74) is 0. The fourth-order valence-corrected chi connectivity index (χ4v) is 0. The van der Waals surface area contributed by atoms with Crippen LogP contribution in [0.15, 0.2) is 0 Å². The van der Waals surface area contributed by atoms with Crippen LogP contribution in [0.3, 0.4) is 0 Å². The summed E-state index contributed by atoms with van der Waals surface area (Å²) in [5, 5.41) is 7.42. The quantitative estimate of drug-likeness (QED) is 0.463.